The van der Waals surface area contributed by atoms with E-state index in [0.29, 0.717) is 24.9 Å². The number of likely N-dealkylation sites (tertiary alicyclic amines) is 1. The lowest BCUT2D eigenvalue weighted by Gasteiger charge is -2.44. The molecule has 0 aromatic heterocycles. The summed E-state index contributed by atoms with van der Waals surface area (Å²) < 4.78 is 5.72. The molecule has 138 valence electrons. The van der Waals surface area contributed by atoms with Crippen molar-refractivity contribution in [1.29, 1.82) is 0 Å². The predicted octanol–water partition coefficient (Wildman–Crippen LogP) is 3.04. The summed E-state index contributed by atoms with van der Waals surface area (Å²) in [6.45, 7) is 3.58. The van der Waals surface area contributed by atoms with Gasteiger partial charge in [-0.25, -0.2) is 0 Å². The Labute approximate surface area is 150 Å². The number of piperidine rings is 1. The van der Waals surface area contributed by atoms with Gasteiger partial charge in [0.25, 0.3) is 0 Å². The van der Waals surface area contributed by atoms with E-state index in [1.165, 1.54) is 45.4 Å². The Morgan fingerprint density at radius 2 is 1.96 bits per heavy atom. The number of hydrogen-bond donors (Lipinski definition) is 2. The molecule has 0 unspecified atom stereocenters. The summed E-state index contributed by atoms with van der Waals surface area (Å²) >= 11 is 0. The molecule has 1 amide bonds. The third-order valence-corrected chi connectivity index (χ3v) is 5.42. The van der Waals surface area contributed by atoms with E-state index in [9.17, 15) is 9.90 Å². The first kappa shape index (κ1) is 18.2. The number of ether oxygens (including phenoxy) is 1. The molecule has 1 aliphatic heterocycles. The van der Waals surface area contributed by atoms with Crippen LogP contribution in [0, 0.1) is 5.92 Å². The van der Waals surface area contributed by atoms with Crippen molar-refractivity contribution < 1.29 is 14.6 Å². The van der Waals surface area contributed by atoms with E-state index in [1.807, 2.05) is 12.1 Å². The monoisotopic (exact) mass is 346 g/mol. The van der Waals surface area contributed by atoms with Crippen LogP contribution in [0.2, 0.25) is 0 Å². The highest BCUT2D eigenvalue weighted by Gasteiger charge is 2.33. The average molecular weight is 346 g/mol. The summed E-state index contributed by atoms with van der Waals surface area (Å²) in [5, 5.41) is 13.1. The molecule has 1 aliphatic carbocycles. The van der Waals surface area contributed by atoms with Crippen molar-refractivity contribution in [2.45, 2.75) is 57.6 Å². The van der Waals surface area contributed by atoms with E-state index in [-0.39, 0.29) is 5.91 Å². The number of rotatable bonds is 6. The quantitative estimate of drug-likeness (QED) is 0.831. The first-order valence-electron chi connectivity index (χ1n) is 9.54. The fraction of sp³-hybridized carbons (Fsp3) is 0.650. The Morgan fingerprint density at radius 3 is 2.72 bits per heavy atom. The Hall–Kier alpha value is -1.59. The Balaban J connectivity index is 1.45. The van der Waals surface area contributed by atoms with Gasteiger partial charge in [-0.05, 0) is 62.4 Å². The van der Waals surface area contributed by atoms with Gasteiger partial charge in [-0.1, -0.05) is 12.8 Å². The van der Waals surface area contributed by atoms with Gasteiger partial charge in [0.2, 0.25) is 5.91 Å². The zero-order chi connectivity index (χ0) is 17.6. The van der Waals surface area contributed by atoms with Crippen LogP contribution in [-0.4, -0.2) is 47.8 Å². The predicted molar refractivity (Wildman–Crippen MR) is 98.8 cm³/mol. The van der Waals surface area contributed by atoms with E-state index in [0.717, 1.165) is 18.2 Å². The van der Waals surface area contributed by atoms with Crippen molar-refractivity contribution in [1.82, 2.24) is 4.90 Å². The fourth-order valence-electron chi connectivity index (χ4n) is 4.31. The number of anilines is 1. The molecule has 1 aromatic rings. The lowest BCUT2D eigenvalue weighted by molar-refractivity contribution is -0.114. The van der Waals surface area contributed by atoms with Crippen LogP contribution in [0.25, 0.3) is 0 Å². The largest absolute Gasteiger partial charge is 0.491 e. The first-order valence-corrected chi connectivity index (χ1v) is 9.54. The molecule has 0 radical (unpaired) electrons. The van der Waals surface area contributed by atoms with Crippen molar-refractivity contribution in [2.24, 2.45) is 5.92 Å². The minimum absolute atomic E-state index is 0.0911. The molecule has 5 nitrogen and oxygen atoms in total. The standard InChI is InChI=1S/C20H30N2O3/c1-15(23)21-17-8-10-19(11-9-17)25-14-18(24)13-22-12-4-6-16-5-2-3-7-20(16)22/h8-11,16,18,20,24H,2-7,12-14H2,1H3,(H,21,23)/t16-,18+,20-/m0/s1. The molecule has 1 saturated carbocycles. The Bertz CT molecular complexity index is 559. The maximum atomic E-state index is 11.0. The third-order valence-electron chi connectivity index (χ3n) is 5.42. The molecule has 1 saturated heterocycles. The second-order valence-electron chi connectivity index (χ2n) is 7.42. The minimum Gasteiger partial charge on any atom is -0.491 e. The number of nitrogens with one attached hydrogen (secondary N) is 1. The van der Waals surface area contributed by atoms with Gasteiger partial charge in [-0.3, -0.25) is 9.69 Å². The van der Waals surface area contributed by atoms with Crippen LogP contribution in [0.15, 0.2) is 24.3 Å². The summed E-state index contributed by atoms with van der Waals surface area (Å²) in [7, 11) is 0. The number of aliphatic hydroxyl groups is 1. The van der Waals surface area contributed by atoms with Crippen molar-refractivity contribution in [3.05, 3.63) is 24.3 Å². The number of carbonyl (C=O) groups excluding carboxylic acids is 1. The molecule has 3 atom stereocenters. The van der Waals surface area contributed by atoms with Crippen LogP contribution in [0.3, 0.4) is 0 Å². The number of fused-ring (bicyclic) bond motifs is 1. The van der Waals surface area contributed by atoms with Gasteiger partial charge >= 0.3 is 0 Å². The highest BCUT2D eigenvalue weighted by molar-refractivity contribution is 5.88. The van der Waals surface area contributed by atoms with Gasteiger partial charge in [-0.15, -0.1) is 0 Å². The molecule has 0 spiro atoms. The van der Waals surface area contributed by atoms with E-state index < -0.39 is 6.10 Å². The fourth-order valence-corrected chi connectivity index (χ4v) is 4.31. The van der Waals surface area contributed by atoms with E-state index in [2.05, 4.69) is 10.2 Å². The number of β-amino-alcohol motifs (C(OH)–C–C–N with tert-alkyl or cyclic N) is 1. The number of benzene rings is 1. The normalized spacial score (nSPS) is 25.0. The van der Waals surface area contributed by atoms with Gasteiger partial charge in [-0.2, -0.15) is 0 Å². The van der Waals surface area contributed by atoms with Crippen LogP contribution in [0.5, 0.6) is 5.75 Å². The molecular weight excluding hydrogens is 316 g/mol. The van der Waals surface area contributed by atoms with E-state index >= 15 is 0 Å². The average Bonchev–Trinajstić information content (AvgIpc) is 2.61. The summed E-state index contributed by atoms with van der Waals surface area (Å²) in [5.74, 6) is 1.45. The summed E-state index contributed by atoms with van der Waals surface area (Å²) in [5.41, 5.74) is 0.747. The molecule has 3 rings (SSSR count). The van der Waals surface area contributed by atoms with Gasteiger partial charge in [0.1, 0.15) is 18.5 Å². The molecule has 25 heavy (non-hydrogen) atoms. The van der Waals surface area contributed by atoms with Gasteiger partial charge in [0.05, 0.1) is 0 Å². The van der Waals surface area contributed by atoms with E-state index in [1.54, 1.807) is 12.1 Å². The maximum absolute atomic E-state index is 11.0. The van der Waals surface area contributed by atoms with Gasteiger partial charge in [0, 0.05) is 25.2 Å². The van der Waals surface area contributed by atoms with Crippen LogP contribution in [0.4, 0.5) is 5.69 Å². The number of aliphatic hydroxyl groups excluding tert-OH is 1. The third kappa shape index (κ3) is 5.19. The van der Waals surface area contributed by atoms with Crippen LogP contribution in [0.1, 0.15) is 45.4 Å². The number of amides is 1. The van der Waals surface area contributed by atoms with Crippen molar-refractivity contribution >= 4 is 11.6 Å². The Kier molecular flexibility index (Phi) is 6.32. The minimum atomic E-state index is -0.476. The smallest absolute Gasteiger partial charge is 0.221 e. The SMILES string of the molecule is CC(=O)Nc1ccc(OC[C@H](O)CN2CCC[C@@H]3CCCC[C@@H]32)cc1. The lowest BCUT2D eigenvalue weighted by Crippen LogP contribution is -2.50. The zero-order valence-electron chi connectivity index (χ0n) is 15.1. The topological polar surface area (TPSA) is 61.8 Å². The Morgan fingerprint density at radius 1 is 1.24 bits per heavy atom. The molecule has 0 bridgehead atoms. The number of nitrogens with zero attached hydrogens (tertiary/aromatic N) is 1. The van der Waals surface area contributed by atoms with E-state index in [4.69, 9.17) is 4.74 Å². The van der Waals surface area contributed by atoms with Crippen LogP contribution in [-0.2, 0) is 4.79 Å². The zero-order valence-corrected chi connectivity index (χ0v) is 15.1. The lowest BCUT2D eigenvalue weighted by atomic mass is 9.78. The maximum Gasteiger partial charge on any atom is 0.221 e. The molecule has 2 fully saturated rings. The highest BCUT2D eigenvalue weighted by Crippen LogP contribution is 2.35. The van der Waals surface area contributed by atoms with Crippen molar-refractivity contribution in [3.63, 3.8) is 0 Å². The van der Waals surface area contributed by atoms with Crippen molar-refractivity contribution in [2.75, 3.05) is 25.0 Å². The summed E-state index contributed by atoms with van der Waals surface area (Å²) in [6.07, 6.45) is 7.46. The molecule has 2 N–H and O–H groups in total. The van der Waals surface area contributed by atoms with Gasteiger partial charge < -0.3 is 15.2 Å². The van der Waals surface area contributed by atoms with Crippen LogP contribution >= 0.6 is 0 Å². The second kappa shape index (κ2) is 8.68. The first-order chi connectivity index (χ1) is 12.1. The summed E-state index contributed by atoms with van der Waals surface area (Å²) in [6, 6.07) is 7.90. The van der Waals surface area contributed by atoms with Gasteiger partial charge in [0.15, 0.2) is 0 Å². The highest BCUT2D eigenvalue weighted by atomic mass is 16.5. The van der Waals surface area contributed by atoms with Crippen LogP contribution < -0.4 is 10.1 Å². The molecule has 5 heteroatoms. The number of hydrogen-bond acceptors (Lipinski definition) is 4. The second-order valence-corrected chi connectivity index (χ2v) is 7.42. The molecular formula is C20H30N2O3. The summed E-state index contributed by atoms with van der Waals surface area (Å²) in [4.78, 5) is 13.5. The van der Waals surface area contributed by atoms with Crippen molar-refractivity contribution in [3.8, 4) is 5.75 Å². The molecule has 2 aliphatic rings. The molecule has 1 heterocycles. The molecule has 1 aromatic carbocycles. The number of carbonyl (C=O) groups is 1.